The molecule has 18 heavy (non-hydrogen) atoms. The number of esters is 2. The Balaban J connectivity index is 1.97. The van der Waals surface area contributed by atoms with Crippen LogP contribution in [-0.2, 0) is 20.7 Å². The number of H-pyrrole nitrogens is 1. The lowest BCUT2D eigenvalue weighted by molar-refractivity contribution is -0.153. The van der Waals surface area contributed by atoms with Gasteiger partial charge in [-0.15, -0.1) is 0 Å². The van der Waals surface area contributed by atoms with Crippen LogP contribution in [-0.4, -0.2) is 16.9 Å². The van der Waals surface area contributed by atoms with Crippen LogP contribution < -0.4 is 0 Å². The second-order valence-corrected chi connectivity index (χ2v) is 4.67. The SMILES string of the molecule is Cc1[nH]c2ccccc2c1CC1CC(=O)OC1=O. The van der Waals surface area contributed by atoms with Crippen molar-refractivity contribution in [3.8, 4) is 0 Å². The van der Waals surface area contributed by atoms with Gasteiger partial charge in [-0.05, 0) is 25.0 Å². The molecule has 1 N–H and O–H groups in total. The van der Waals surface area contributed by atoms with Crippen LogP contribution in [0.5, 0.6) is 0 Å². The number of carbonyl (C=O) groups excluding carboxylic acids is 2. The summed E-state index contributed by atoms with van der Waals surface area (Å²) in [5.74, 6) is -1.15. The highest BCUT2D eigenvalue weighted by molar-refractivity contribution is 5.95. The largest absolute Gasteiger partial charge is 0.393 e. The predicted molar refractivity (Wildman–Crippen MR) is 65.9 cm³/mol. The Bertz CT molecular complexity index is 642. The molecule has 0 saturated carbocycles. The van der Waals surface area contributed by atoms with E-state index in [-0.39, 0.29) is 12.3 Å². The van der Waals surface area contributed by atoms with E-state index in [1.54, 1.807) is 0 Å². The zero-order chi connectivity index (χ0) is 12.7. The van der Waals surface area contributed by atoms with E-state index in [2.05, 4.69) is 9.72 Å². The number of aromatic amines is 1. The number of rotatable bonds is 2. The summed E-state index contributed by atoms with van der Waals surface area (Å²) < 4.78 is 4.59. The van der Waals surface area contributed by atoms with Crippen LogP contribution in [0.2, 0.25) is 0 Å². The van der Waals surface area contributed by atoms with Gasteiger partial charge in [0.25, 0.3) is 0 Å². The van der Waals surface area contributed by atoms with Gasteiger partial charge in [-0.3, -0.25) is 9.59 Å². The number of aryl methyl sites for hydroxylation is 1. The standard InChI is InChI=1S/C14H13NO3/c1-8-11(6-9-7-13(16)18-14(9)17)10-4-2-3-5-12(10)15-8/h2-5,9,15H,6-7H2,1H3. The first kappa shape index (κ1) is 11.0. The van der Waals surface area contributed by atoms with Gasteiger partial charge < -0.3 is 9.72 Å². The second-order valence-electron chi connectivity index (χ2n) is 4.67. The maximum atomic E-state index is 11.5. The van der Waals surface area contributed by atoms with E-state index in [9.17, 15) is 9.59 Å². The van der Waals surface area contributed by atoms with Crippen LogP contribution in [0.15, 0.2) is 24.3 Å². The Morgan fingerprint density at radius 1 is 1.33 bits per heavy atom. The van der Waals surface area contributed by atoms with Gasteiger partial charge >= 0.3 is 11.9 Å². The molecule has 1 saturated heterocycles. The van der Waals surface area contributed by atoms with E-state index in [4.69, 9.17) is 0 Å². The zero-order valence-corrected chi connectivity index (χ0v) is 10.0. The van der Waals surface area contributed by atoms with Crippen molar-refractivity contribution in [1.29, 1.82) is 0 Å². The first-order chi connectivity index (χ1) is 8.65. The number of ether oxygens (including phenoxy) is 1. The van der Waals surface area contributed by atoms with E-state index in [1.165, 1.54) is 0 Å². The topological polar surface area (TPSA) is 59.2 Å². The molecule has 2 aromatic rings. The highest BCUT2D eigenvalue weighted by Crippen LogP contribution is 2.28. The van der Waals surface area contributed by atoms with Crippen molar-refractivity contribution in [3.63, 3.8) is 0 Å². The summed E-state index contributed by atoms with van der Waals surface area (Å²) in [6.07, 6.45) is 0.748. The van der Waals surface area contributed by atoms with Gasteiger partial charge in [0.15, 0.2) is 0 Å². The van der Waals surface area contributed by atoms with Crippen LogP contribution in [0, 0.1) is 12.8 Å². The quantitative estimate of drug-likeness (QED) is 0.649. The van der Waals surface area contributed by atoms with Gasteiger partial charge in [-0.25, -0.2) is 0 Å². The van der Waals surface area contributed by atoms with Gasteiger partial charge in [0, 0.05) is 16.6 Å². The minimum atomic E-state index is -0.414. The molecule has 0 aliphatic carbocycles. The van der Waals surface area contributed by atoms with Crippen molar-refractivity contribution < 1.29 is 14.3 Å². The average Bonchev–Trinajstić information content (AvgIpc) is 2.81. The third kappa shape index (κ3) is 1.70. The lowest BCUT2D eigenvalue weighted by Gasteiger charge is -2.04. The summed E-state index contributed by atoms with van der Waals surface area (Å²) in [7, 11) is 0. The molecule has 0 bridgehead atoms. The zero-order valence-electron chi connectivity index (χ0n) is 10.0. The van der Waals surface area contributed by atoms with Gasteiger partial charge in [-0.2, -0.15) is 0 Å². The number of aromatic nitrogens is 1. The fraction of sp³-hybridized carbons (Fsp3) is 0.286. The van der Waals surface area contributed by atoms with Crippen LogP contribution in [0.25, 0.3) is 10.9 Å². The van der Waals surface area contributed by atoms with Crippen LogP contribution in [0.1, 0.15) is 17.7 Å². The number of para-hydroxylation sites is 1. The lowest BCUT2D eigenvalue weighted by atomic mass is 9.96. The molecular weight excluding hydrogens is 230 g/mol. The molecule has 0 spiro atoms. The Hall–Kier alpha value is -2.10. The highest BCUT2D eigenvalue weighted by Gasteiger charge is 2.34. The van der Waals surface area contributed by atoms with E-state index in [1.807, 2.05) is 31.2 Å². The molecule has 1 aliphatic rings. The second kappa shape index (κ2) is 3.98. The number of hydrogen-bond donors (Lipinski definition) is 1. The van der Waals surface area contributed by atoms with Crippen LogP contribution in [0.3, 0.4) is 0 Å². The van der Waals surface area contributed by atoms with Crippen LogP contribution in [0.4, 0.5) is 0 Å². The molecular formula is C14H13NO3. The maximum absolute atomic E-state index is 11.5. The number of nitrogens with one attached hydrogen (secondary N) is 1. The minimum absolute atomic E-state index is 0.192. The molecule has 1 aliphatic heterocycles. The molecule has 0 amide bonds. The molecule has 1 aromatic heterocycles. The highest BCUT2D eigenvalue weighted by atomic mass is 16.6. The summed E-state index contributed by atoms with van der Waals surface area (Å²) in [6, 6.07) is 7.97. The molecule has 2 heterocycles. The Kier molecular flexibility index (Phi) is 2.44. The maximum Gasteiger partial charge on any atom is 0.317 e. The number of cyclic esters (lactones) is 2. The minimum Gasteiger partial charge on any atom is -0.393 e. The van der Waals surface area contributed by atoms with Gasteiger partial charge in [0.05, 0.1) is 12.3 Å². The summed E-state index contributed by atoms with van der Waals surface area (Å²) >= 11 is 0. The van der Waals surface area contributed by atoms with Gasteiger partial charge in [-0.1, -0.05) is 18.2 Å². The molecule has 1 unspecified atom stereocenters. The van der Waals surface area contributed by atoms with E-state index < -0.39 is 11.9 Å². The predicted octanol–water partition coefficient (Wildman–Crippen LogP) is 2.11. The summed E-state index contributed by atoms with van der Waals surface area (Å²) in [4.78, 5) is 25.9. The fourth-order valence-corrected chi connectivity index (χ4v) is 2.52. The fourth-order valence-electron chi connectivity index (χ4n) is 2.52. The third-order valence-electron chi connectivity index (χ3n) is 3.44. The molecule has 1 fully saturated rings. The normalized spacial score (nSPS) is 19.5. The van der Waals surface area contributed by atoms with Crippen molar-refractivity contribution in [1.82, 2.24) is 4.98 Å². The van der Waals surface area contributed by atoms with Crippen molar-refractivity contribution in [2.24, 2.45) is 5.92 Å². The van der Waals surface area contributed by atoms with E-state index in [0.29, 0.717) is 6.42 Å². The van der Waals surface area contributed by atoms with Crippen LogP contribution >= 0.6 is 0 Å². The Morgan fingerprint density at radius 2 is 2.11 bits per heavy atom. The van der Waals surface area contributed by atoms with Gasteiger partial charge in [0.1, 0.15) is 0 Å². The van der Waals surface area contributed by atoms with E-state index in [0.717, 1.165) is 22.2 Å². The van der Waals surface area contributed by atoms with E-state index >= 15 is 0 Å². The number of fused-ring (bicyclic) bond motifs is 1. The molecule has 1 aromatic carbocycles. The first-order valence-corrected chi connectivity index (χ1v) is 5.96. The monoisotopic (exact) mass is 243 g/mol. The molecule has 0 radical (unpaired) electrons. The summed E-state index contributed by atoms with van der Waals surface area (Å²) in [5.41, 5.74) is 3.20. The van der Waals surface area contributed by atoms with Crippen molar-refractivity contribution in [3.05, 3.63) is 35.5 Å². The molecule has 92 valence electrons. The molecule has 3 rings (SSSR count). The molecule has 4 heteroatoms. The third-order valence-corrected chi connectivity index (χ3v) is 3.44. The summed E-state index contributed by atoms with van der Waals surface area (Å²) in [6.45, 7) is 1.98. The molecule has 1 atom stereocenters. The Morgan fingerprint density at radius 3 is 2.83 bits per heavy atom. The average molecular weight is 243 g/mol. The number of benzene rings is 1. The smallest absolute Gasteiger partial charge is 0.317 e. The first-order valence-electron chi connectivity index (χ1n) is 5.96. The van der Waals surface area contributed by atoms with Crippen molar-refractivity contribution in [2.45, 2.75) is 19.8 Å². The number of carbonyl (C=O) groups is 2. The Labute approximate surface area is 104 Å². The summed E-state index contributed by atoms with van der Waals surface area (Å²) in [5, 5.41) is 1.11. The molecule has 4 nitrogen and oxygen atoms in total. The number of hydrogen-bond acceptors (Lipinski definition) is 3. The van der Waals surface area contributed by atoms with Gasteiger partial charge in [0.2, 0.25) is 0 Å². The van der Waals surface area contributed by atoms with Crippen molar-refractivity contribution >= 4 is 22.8 Å². The lowest BCUT2D eigenvalue weighted by Crippen LogP contribution is -2.11. The van der Waals surface area contributed by atoms with Crippen molar-refractivity contribution in [2.75, 3.05) is 0 Å².